The SMILES string of the molecule is CCOc1ccccc1NC(=O)C(=O)NCCc1ccc(N2CCOCC2)cc1. The number of carbonyl (C=O) groups excluding carboxylic acids is 2. The summed E-state index contributed by atoms with van der Waals surface area (Å²) in [6.07, 6.45) is 0.651. The Morgan fingerprint density at radius 2 is 1.76 bits per heavy atom. The van der Waals surface area contributed by atoms with Crippen LogP contribution in [0.1, 0.15) is 12.5 Å². The first-order valence-corrected chi connectivity index (χ1v) is 9.90. The van der Waals surface area contributed by atoms with Crippen molar-refractivity contribution in [3.63, 3.8) is 0 Å². The summed E-state index contributed by atoms with van der Waals surface area (Å²) in [4.78, 5) is 26.5. The number of amides is 2. The summed E-state index contributed by atoms with van der Waals surface area (Å²) in [5.74, 6) is -0.836. The number of nitrogens with zero attached hydrogens (tertiary/aromatic N) is 1. The molecule has 154 valence electrons. The predicted octanol–water partition coefficient (Wildman–Crippen LogP) is 2.22. The molecular weight excluding hydrogens is 370 g/mol. The minimum atomic E-state index is -0.709. The van der Waals surface area contributed by atoms with E-state index in [2.05, 4.69) is 39.8 Å². The second kappa shape index (κ2) is 10.5. The zero-order valence-electron chi connectivity index (χ0n) is 16.6. The molecule has 2 aromatic carbocycles. The Labute approximate surface area is 171 Å². The largest absolute Gasteiger partial charge is 0.492 e. The van der Waals surface area contributed by atoms with Gasteiger partial charge in [-0.3, -0.25) is 9.59 Å². The fourth-order valence-electron chi connectivity index (χ4n) is 3.13. The molecule has 0 spiro atoms. The molecule has 1 saturated heterocycles. The highest BCUT2D eigenvalue weighted by atomic mass is 16.5. The highest BCUT2D eigenvalue weighted by Gasteiger charge is 2.15. The number of anilines is 2. The molecule has 0 atom stereocenters. The summed E-state index contributed by atoms with van der Waals surface area (Å²) < 4.78 is 10.8. The Hall–Kier alpha value is -3.06. The molecule has 2 amide bonds. The van der Waals surface area contributed by atoms with Gasteiger partial charge >= 0.3 is 11.8 Å². The second-order valence-corrected chi connectivity index (χ2v) is 6.66. The molecule has 1 aliphatic heterocycles. The normalized spacial score (nSPS) is 13.6. The van der Waals surface area contributed by atoms with Crippen molar-refractivity contribution in [3.8, 4) is 5.75 Å². The predicted molar refractivity (Wildman–Crippen MR) is 112 cm³/mol. The van der Waals surface area contributed by atoms with E-state index in [-0.39, 0.29) is 0 Å². The number of carbonyl (C=O) groups is 2. The summed E-state index contributed by atoms with van der Waals surface area (Å²) in [5, 5.41) is 5.26. The maximum absolute atomic E-state index is 12.1. The van der Waals surface area contributed by atoms with Gasteiger partial charge in [0.05, 0.1) is 25.5 Å². The molecule has 29 heavy (non-hydrogen) atoms. The molecule has 3 rings (SSSR count). The lowest BCUT2D eigenvalue weighted by atomic mass is 10.1. The lowest BCUT2D eigenvalue weighted by molar-refractivity contribution is -0.136. The first-order chi connectivity index (χ1) is 14.2. The van der Waals surface area contributed by atoms with E-state index in [9.17, 15) is 9.59 Å². The van der Waals surface area contributed by atoms with Crippen LogP contribution in [0.2, 0.25) is 0 Å². The van der Waals surface area contributed by atoms with Crippen LogP contribution in [-0.4, -0.2) is 51.3 Å². The summed E-state index contributed by atoms with van der Waals surface area (Å²) in [7, 11) is 0. The van der Waals surface area contributed by atoms with Crippen LogP contribution in [-0.2, 0) is 20.7 Å². The number of ether oxygens (including phenoxy) is 2. The minimum absolute atomic E-state index is 0.385. The molecule has 1 aliphatic rings. The van der Waals surface area contributed by atoms with Crippen molar-refractivity contribution >= 4 is 23.2 Å². The third-order valence-corrected chi connectivity index (χ3v) is 4.65. The first kappa shape index (κ1) is 20.7. The average Bonchev–Trinajstić information content (AvgIpc) is 2.76. The molecule has 2 N–H and O–H groups in total. The molecule has 0 bridgehead atoms. The lowest BCUT2D eigenvalue weighted by Crippen LogP contribution is -2.36. The number of rotatable bonds is 7. The number of para-hydroxylation sites is 2. The van der Waals surface area contributed by atoms with E-state index in [4.69, 9.17) is 9.47 Å². The number of hydrogen-bond acceptors (Lipinski definition) is 5. The van der Waals surface area contributed by atoms with E-state index < -0.39 is 11.8 Å². The highest BCUT2D eigenvalue weighted by Crippen LogP contribution is 2.23. The van der Waals surface area contributed by atoms with E-state index in [1.165, 1.54) is 5.69 Å². The van der Waals surface area contributed by atoms with Crippen molar-refractivity contribution in [2.45, 2.75) is 13.3 Å². The average molecular weight is 397 g/mol. The maximum atomic E-state index is 12.1. The van der Waals surface area contributed by atoms with Crippen LogP contribution in [0.5, 0.6) is 5.75 Å². The van der Waals surface area contributed by atoms with Crippen molar-refractivity contribution < 1.29 is 19.1 Å². The standard InChI is InChI=1S/C22H27N3O4/c1-2-29-20-6-4-3-5-19(20)24-22(27)21(26)23-12-11-17-7-9-18(10-8-17)25-13-15-28-16-14-25/h3-10H,2,11-16H2,1H3,(H,23,26)(H,24,27). The van der Waals surface area contributed by atoms with Crippen molar-refractivity contribution in [2.75, 3.05) is 49.7 Å². The Bertz CT molecular complexity index is 817. The molecule has 7 nitrogen and oxygen atoms in total. The third-order valence-electron chi connectivity index (χ3n) is 4.65. The first-order valence-electron chi connectivity index (χ1n) is 9.90. The van der Waals surface area contributed by atoms with E-state index in [0.717, 1.165) is 31.9 Å². The molecule has 2 aromatic rings. The van der Waals surface area contributed by atoms with Gasteiger partial charge < -0.3 is 25.0 Å². The van der Waals surface area contributed by atoms with E-state index >= 15 is 0 Å². The van der Waals surface area contributed by atoms with Crippen LogP contribution in [0.15, 0.2) is 48.5 Å². The van der Waals surface area contributed by atoms with Crippen LogP contribution in [0.25, 0.3) is 0 Å². The summed E-state index contributed by atoms with van der Waals surface area (Å²) in [5.41, 5.74) is 2.76. The van der Waals surface area contributed by atoms with Crippen molar-refractivity contribution in [3.05, 3.63) is 54.1 Å². The van der Waals surface area contributed by atoms with Gasteiger partial charge in [0.25, 0.3) is 0 Å². The van der Waals surface area contributed by atoms with Gasteiger partial charge in [0.1, 0.15) is 5.75 Å². The summed E-state index contributed by atoms with van der Waals surface area (Å²) in [6, 6.07) is 15.3. The van der Waals surface area contributed by atoms with Gasteiger partial charge in [0.15, 0.2) is 0 Å². The molecular formula is C22H27N3O4. The van der Waals surface area contributed by atoms with Crippen molar-refractivity contribution in [2.24, 2.45) is 0 Å². The van der Waals surface area contributed by atoms with Gasteiger partial charge in [0, 0.05) is 25.3 Å². The topological polar surface area (TPSA) is 79.9 Å². The number of hydrogen-bond donors (Lipinski definition) is 2. The van der Waals surface area contributed by atoms with Gasteiger partial charge in [0.2, 0.25) is 0 Å². The smallest absolute Gasteiger partial charge is 0.313 e. The van der Waals surface area contributed by atoms with Crippen molar-refractivity contribution in [1.29, 1.82) is 0 Å². The molecule has 0 aliphatic carbocycles. The number of morpholine rings is 1. The van der Waals surface area contributed by atoms with Gasteiger partial charge in [-0.25, -0.2) is 0 Å². The summed E-state index contributed by atoms with van der Waals surface area (Å²) in [6.45, 7) is 6.03. The van der Waals surface area contributed by atoms with Crippen LogP contribution in [0.3, 0.4) is 0 Å². The Morgan fingerprint density at radius 3 is 2.48 bits per heavy atom. The monoisotopic (exact) mass is 397 g/mol. The number of benzene rings is 2. The molecule has 0 aromatic heterocycles. The lowest BCUT2D eigenvalue weighted by Gasteiger charge is -2.28. The highest BCUT2D eigenvalue weighted by molar-refractivity contribution is 6.39. The van der Waals surface area contributed by atoms with Crippen LogP contribution < -0.4 is 20.3 Å². The molecule has 0 saturated carbocycles. The molecule has 0 unspecified atom stereocenters. The Kier molecular flexibility index (Phi) is 7.47. The Morgan fingerprint density at radius 1 is 1.03 bits per heavy atom. The molecule has 0 radical (unpaired) electrons. The van der Waals surface area contributed by atoms with Crippen LogP contribution >= 0.6 is 0 Å². The van der Waals surface area contributed by atoms with Gasteiger partial charge in [-0.05, 0) is 43.2 Å². The minimum Gasteiger partial charge on any atom is -0.492 e. The Balaban J connectivity index is 1.45. The van der Waals surface area contributed by atoms with E-state index in [1.54, 1.807) is 18.2 Å². The zero-order valence-corrected chi connectivity index (χ0v) is 16.6. The second-order valence-electron chi connectivity index (χ2n) is 6.66. The summed E-state index contributed by atoms with van der Waals surface area (Å²) >= 11 is 0. The van der Waals surface area contributed by atoms with Crippen LogP contribution in [0, 0.1) is 0 Å². The van der Waals surface area contributed by atoms with Gasteiger partial charge in [-0.1, -0.05) is 24.3 Å². The van der Waals surface area contributed by atoms with Gasteiger partial charge in [-0.2, -0.15) is 0 Å². The molecule has 7 heteroatoms. The van der Waals surface area contributed by atoms with Crippen LogP contribution in [0.4, 0.5) is 11.4 Å². The molecule has 1 heterocycles. The zero-order chi connectivity index (χ0) is 20.5. The number of nitrogens with one attached hydrogen (secondary N) is 2. The van der Waals surface area contributed by atoms with Crippen molar-refractivity contribution in [1.82, 2.24) is 5.32 Å². The fraction of sp³-hybridized carbons (Fsp3) is 0.364. The fourth-order valence-corrected chi connectivity index (χ4v) is 3.13. The quantitative estimate of drug-likeness (QED) is 0.701. The maximum Gasteiger partial charge on any atom is 0.313 e. The van der Waals surface area contributed by atoms with E-state index in [1.807, 2.05) is 13.0 Å². The third kappa shape index (κ3) is 5.96. The van der Waals surface area contributed by atoms with E-state index in [0.29, 0.717) is 31.0 Å². The van der Waals surface area contributed by atoms with Gasteiger partial charge in [-0.15, -0.1) is 0 Å². The molecule has 1 fully saturated rings.